The van der Waals surface area contributed by atoms with Gasteiger partial charge in [-0.2, -0.15) is 0 Å². The van der Waals surface area contributed by atoms with Gasteiger partial charge in [-0.05, 0) is 155 Å². The topological polar surface area (TPSA) is 536 Å². The zero-order valence-corrected chi connectivity index (χ0v) is 76.7. The van der Waals surface area contributed by atoms with E-state index in [4.69, 9.17) is 52.4 Å². The van der Waals surface area contributed by atoms with E-state index in [0.717, 1.165) is 102 Å². The van der Waals surface area contributed by atoms with Crippen molar-refractivity contribution in [1.29, 1.82) is 0 Å². The van der Waals surface area contributed by atoms with Crippen LogP contribution in [0.3, 0.4) is 0 Å². The number of terminal acetylenes is 1. The number of aromatic nitrogens is 2. The highest BCUT2D eigenvalue weighted by Crippen LogP contribution is 2.35. The van der Waals surface area contributed by atoms with E-state index in [9.17, 15) is 116 Å². The van der Waals surface area contributed by atoms with Crippen LogP contribution in [-0.4, -0.2) is 55.6 Å². The minimum absolute atomic E-state index is 0. The Hall–Kier alpha value is -14.1. The SMILES string of the molecule is C.C#CC(C)(C)C.CC(C)(C)C#Cc1cc([N+](=O)[O-])cc(F)c1N.CC(C)(C)c1cc2cc(N)cc(F)c2[nH]1.CC(C)(C)c1cc2cc([N+](=O)[O-])cc(F)c2[nH]1.CCCC(=O)Cl.CCCC(=O)Nc1c(F)cc([N+](=O)[O-])cc1C#CC(C)(C)C.Nc1c(F)cc([N+](=O)[O-])cc1Br.Nc1c(F)cc([N+](=O)[O-])cc1Br.Nc1ccc([N+](=O)[O-])cc1F.Nc1ccc([N+](=O)[O-])cc1F. The van der Waals surface area contributed by atoms with Crippen molar-refractivity contribution in [3.63, 3.8) is 0 Å². The molecule has 700 valence electrons. The fourth-order valence-corrected chi connectivity index (χ4v) is 9.84. The maximum atomic E-state index is 14.1. The zero-order chi connectivity index (χ0) is 99.8. The van der Waals surface area contributed by atoms with Crippen LogP contribution < -0.4 is 39.7 Å². The molecule has 0 radical (unpaired) electrons. The monoisotopic (exact) mass is 1970 g/mol. The van der Waals surface area contributed by atoms with Crippen LogP contribution in [0, 0.1) is 170 Å². The summed E-state index contributed by atoms with van der Waals surface area (Å²) < 4.78 is 106. The summed E-state index contributed by atoms with van der Waals surface area (Å²) >= 11 is 10.7. The standard InChI is InChI=1S/C16H19FN2O3.2C12H13FN2O2.C12H15FN2.2C6H4BrFN2O2.2C6H5FN2O2.C6H10.C4H7ClO.CH4/c1-5-6-14(20)18-15-11(7-8-16(2,3)4)9-12(19(21)22)10-13(15)17;1-12(2,3)10-5-7-4-8(15(16)17)6-9(13)11(7)14-10;1-12(2,3)5-4-8-6-9(15(16)17)7-10(13)11(8)14;1-12(2,3)10-5-7-4-8(14)6-9(13)11(7)15-10;2*7-4-1-3(10(11)12)2-5(8)6(4)9;2*7-5-3-4(9(10)11)1-2-6(5)8;1-5-6(2,3)4;1-2-3-4(5)6;/h9-10H,5-6H2,1-4H3,(H,18,20);4-6,14H,1-3H3;6-7H,14H2,1-3H3;4-6,15H,14H2,1-3H3;2*1-2H,9H2;2*1-3H,8H2;1H,2-4H3;2-3H2,1H3;1H4. The van der Waals surface area contributed by atoms with Crippen LogP contribution in [0.1, 0.15) is 173 Å². The lowest BCUT2D eigenvalue weighted by Crippen LogP contribution is -2.13. The van der Waals surface area contributed by atoms with Gasteiger partial charge < -0.3 is 49.7 Å². The number of anilines is 7. The van der Waals surface area contributed by atoms with Gasteiger partial charge in [-0.1, -0.05) is 86.5 Å². The highest BCUT2D eigenvalue weighted by molar-refractivity contribution is 9.11. The number of amides is 1. The van der Waals surface area contributed by atoms with Crippen molar-refractivity contribution in [1.82, 2.24) is 9.97 Å². The summed E-state index contributed by atoms with van der Waals surface area (Å²) in [6, 6.07) is 23.1. The molecule has 0 saturated heterocycles. The van der Waals surface area contributed by atoms with E-state index in [-0.39, 0.29) is 146 Å². The number of rotatable bonds is 12. The lowest BCUT2D eigenvalue weighted by atomic mass is 9.92. The Kier molecular flexibility index (Phi) is 45.6. The number of nitrogens with zero attached hydrogens (tertiary/aromatic N) is 7. The third-order valence-electron chi connectivity index (χ3n) is 15.5. The van der Waals surface area contributed by atoms with Crippen molar-refractivity contribution in [3.05, 3.63) is 270 Å². The molecule has 8 aromatic carbocycles. The lowest BCUT2D eigenvalue weighted by Gasteiger charge is -2.15. The number of carbonyl (C=O) groups excluding carboxylic acids is 2. The Bertz CT molecular complexity index is 5780. The van der Waals surface area contributed by atoms with Crippen LogP contribution in [0.5, 0.6) is 0 Å². The molecule has 0 aliphatic carbocycles. The predicted molar refractivity (Wildman–Crippen MR) is 498 cm³/mol. The Morgan fingerprint density at radius 1 is 0.408 bits per heavy atom. The molecule has 2 heterocycles. The average molecular weight is 1970 g/mol. The lowest BCUT2D eigenvalue weighted by molar-refractivity contribution is -0.385. The Morgan fingerprint density at radius 3 is 1.02 bits per heavy atom. The van der Waals surface area contributed by atoms with E-state index in [1.165, 1.54) is 24.3 Å². The smallest absolute Gasteiger partial charge is 0.273 e. The molecule has 32 nitrogen and oxygen atoms in total. The van der Waals surface area contributed by atoms with Crippen LogP contribution in [0.15, 0.2) is 130 Å². The molecule has 130 heavy (non-hydrogen) atoms. The van der Waals surface area contributed by atoms with Crippen LogP contribution in [0.25, 0.3) is 21.8 Å². The van der Waals surface area contributed by atoms with Gasteiger partial charge in [0, 0.05) is 110 Å². The molecule has 43 heteroatoms. The number of carbonyl (C=O) groups is 2. The first-order chi connectivity index (χ1) is 59.1. The van der Waals surface area contributed by atoms with Crippen molar-refractivity contribution in [2.45, 2.75) is 162 Å². The number of benzene rings is 8. The Morgan fingerprint density at radius 2 is 0.708 bits per heavy atom. The van der Waals surface area contributed by atoms with E-state index < -0.39 is 80.9 Å². The number of nitrogens with one attached hydrogen (secondary N) is 3. The van der Waals surface area contributed by atoms with Crippen LogP contribution >= 0.6 is 43.5 Å². The summed E-state index contributed by atoms with van der Waals surface area (Å²) in [5.74, 6) is 7.70. The molecule has 2 aromatic heterocycles. The number of nitrogens with two attached hydrogens (primary N) is 6. The zero-order valence-electron chi connectivity index (χ0n) is 72.7. The minimum atomic E-state index is -0.864. The summed E-state index contributed by atoms with van der Waals surface area (Å²) in [6.45, 7) is 33.2. The van der Waals surface area contributed by atoms with Gasteiger partial charge in [-0.25, -0.2) is 35.1 Å². The van der Waals surface area contributed by atoms with Crippen LogP contribution in [0.4, 0.5) is 115 Å². The van der Waals surface area contributed by atoms with E-state index in [1.54, 1.807) is 12.1 Å². The fourth-order valence-electron chi connectivity index (χ4n) is 8.80. The number of non-ortho nitro benzene ring substituents is 7. The number of aromatic amines is 2. The van der Waals surface area contributed by atoms with Crippen molar-refractivity contribution < 1.29 is 79.2 Å². The predicted octanol–water partition coefficient (Wildman–Crippen LogP) is 23.9. The van der Waals surface area contributed by atoms with Gasteiger partial charge >= 0.3 is 0 Å². The van der Waals surface area contributed by atoms with E-state index in [2.05, 4.69) is 97.5 Å². The number of H-pyrrole nitrogens is 2. The van der Waals surface area contributed by atoms with Gasteiger partial charge in [0.1, 0.15) is 5.82 Å². The molecule has 10 rings (SSSR count). The van der Waals surface area contributed by atoms with Crippen molar-refractivity contribution in [2.24, 2.45) is 16.2 Å². The Balaban J connectivity index is 0.00000145. The van der Waals surface area contributed by atoms with Crippen molar-refractivity contribution in [2.75, 3.05) is 39.7 Å². The first kappa shape index (κ1) is 116. The number of nitrogen functional groups attached to an aromatic ring is 6. The first-order valence-corrected chi connectivity index (χ1v) is 39.5. The normalized spacial score (nSPS) is 10.5. The highest BCUT2D eigenvalue weighted by atomic mass is 79.9. The molecule has 0 atom stereocenters. The second-order valence-corrected chi connectivity index (χ2v) is 34.2. The van der Waals surface area contributed by atoms with E-state index in [0.29, 0.717) is 34.9 Å². The second kappa shape index (κ2) is 51.1. The van der Waals surface area contributed by atoms with E-state index in [1.807, 2.05) is 103 Å². The molecule has 0 spiro atoms. The van der Waals surface area contributed by atoms with Gasteiger partial charge in [-0.3, -0.25) is 80.4 Å². The summed E-state index contributed by atoms with van der Waals surface area (Å²) in [6.07, 6.45) is 7.26. The number of hydrogen-bond acceptors (Lipinski definition) is 22. The molecule has 0 aliphatic heterocycles. The molecule has 0 bridgehead atoms. The molecule has 0 saturated carbocycles. The van der Waals surface area contributed by atoms with Gasteiger partial charge in [0.15, 0.2) is 40.7 Å². The molecule has 0 aliphatic rings. The maximum absolute atomic E-state index is 14.1. The Labute approximate surface area is 764 Å². The summed E-state index contributed by atoms with van der Waals surface area (Å²) in [5.41, 5.74) is 31.4. The fraction of sp³-hybridized carbons (Fsp3) is 0.310. The molecular weight excluding hydrogens is 1870 g/mol. The molecule has 0 unspecified atom stereocenters. The van der Waals surface area contributed by atoms with Gasteiger partial charge in [0.05, 0.1) is 142 Å². The third kappa shape index (κ3) is 40.7. The second-order valence-electron chi connectivity index (χ2n) is 32.1. The molecular formula is C87H99Br2ClF8N16O16. The molecule has 10 aromatic rings. The van der Waals surface area contributed by atoms with E-state index >= 15 is 0 Å². The van der Waals surface area contributed by atoms with Gasteiger partial charge in [-0.15, -0.1) is 12.3 Å². The average Bonchev–Trinajstić information content (AvgIpc) is 1.62. The number of nitro benzene ring substituents is 7. The first-order valence-electron chi connectivity index (χ1n) is 37.6. The highest BCUT2D eigenvalue weighted by Gasteiger charge is 2.24. The van der Waals surface area contributed by atoms with Gasteiger partial charge in [0.2, 0.25) is 11.1 Å². The van der Waals surface area contributed by atoms with Crippen molar-refractivity contribution in [3.8, 4) is 36.0 Å². The number of nitro groups is 7. The van der Waals surface area contributed by atoms with Crippen LogP contribution in [0.2, 0.25) is 0 Å². The van der Waals surface area contributed by atoms with Gasteiger partial charge in [0.25, 0.3) is 39.8 Å². The molecule has 1 amide bonds. The minimum Gasteiger partial charge on any atom is -0.399 e. The summed E-state index contributed by atoms with van der Waals surface area (Å²) in [4.78, 5) is 95.4. The molecule has 15 N–H and O–H groups in total. The summed E-state index contributed by atoms with van der Waals surface area (Å²) in [5, 5.41) is 76.1. The molecule has 0 fully saturated rings. The number of halogens is 11. The number of hydrogen-bond donors (Lipinski definition) is 9. The largest absolute Gasteiger partial charge is 0.399 e. The number of fused-ring (bicyclic) bond motifs is 2. The van der Waals surface area contributed by atoms with Crippen molar-refractivity contribution >= 4 is 156 Å². The summed E-state index contributed by atoms with van der Waals surface area (Å²) in [7, 11) is 0. The quantitative estimate of drug-likeness (QED) is 0.0137. The maximum Gasteiger partial charge on any atom is 0.273 e. The third-order valence-corrected chi connectivity index (χ3v) is 17.0. The van der Waals surface area contributed by atoms with Crippen LogP contribution in [-0.2, 0) is 20.4 Å².